The first kappa shape index (κ1) is 12.8. The molecule has 0 radical (unpaired) electrons. The first-order valence-electron chi connectivity index (χ1n) is 7.62. The number of nitrogens with two attached hydrogens (primary N) is 1. The highest BCUT2D eigenvalue weighted by Gasteiger charge is 2.42. The van der Waals surface area contributed by atoms with E-state index in [4.69, 9.17) is 5.73 Å². The molecule has 1 aliphatic carbocycles. The molecule has 2 heterocycles. The molecule has 0 spiro atoms. The molecule has 2 aliphatic rings. The van der Waals surface area contributed by atoms with Crippen LogP contribution in [0.1, 0.15) is 23.2 Å². The molecule has 4 nitrogen and oxygen atoms in total. The van der Waals surface area contributed by atoms with Gasteiger partial charge in [0.05, 0.1) is 5.52 Å². The molecule has 1 saturated heterocycles. The van der Waals surface area contributed by atoms with Crippen LogP contribution < -0.4 is 5.73 Å². The number of aromatic nitrogens is 1. The lowest BCUT2D eigenvalue weighted by molar-refractivity contribution is 0.0785. The van der Waals surface area contributed by atoms with Crippen LogP contribution in [0.25, 0.3) is 10.9 Å². The van der Waals surface area contributed by atoms with Crippen molar-refractivity contribution in [2.24, 2.45) is 17.6 Å². The highest BCUT2D eigenvalue weighted by Crippen LogP contribution is 2.41. The van der Waals surface area contributed by atoms with E-state index in [1.54, 1.807) is 6.20 Å². The van der Waals surface area contributed by atoms with Crippen LogP contribution >= 0.6 is 0 Å². The van der Waals surface area contributed by atoms with Gasteiger partial charge < -0.3 is 10.6 Å². The molecule has 4 rings (SSSR count). The van der Waals surface area contributed by atoms with Gasteiger partial charge in [-0.2, -0.15) is 0 Å². The van der Waals surface area contributed by atoms with Gasteiger partial charge >= 0.3 is 0 Å². The third-order valence-electron chi connectivity index (χ3n) is 4.78. The zero-order valence-corrected chi connectivity index (χ0v) is 11.9. The van der Waals surface area contributed by atoms with Crippen LogP contribution in [0.5, 0.6) is 0 Å². The molecule has 2 aromatic rings. The molecular weight excluding hydrogens is 262 g/mol. The van der Waals surface area contributed by atoms with Crippen molar-refractivity contribution in [3.8, 4) is 0 Å². The minimum Gasteiger partial charge on any atom is -0.337 e. The van der Waals surface area contributed by atoms with E-state index in [0.29, 0.717) is 12.5 Å². The van der Waals surface area contributed by atoms with E-state index in [9.17, 15) is 4.79 Å². The Morgan fingerprint density at radius 3 is 2.90 bits per heavy atom. The standard InChI is InChI=1S/C17H19N3O/c18-15-10-20(9-14(15)11-3-4-11)17(21)13-5-6-16-12(8-13)2-1-7-19-16/h1-2,5-8,11,14-15H,3-4,9-10,18H2/t14-,15+/m1/s1. The lowest BCUT2D eigenvalue weighted by atomic mass is 9.99. The summed E-state index contributed by atoms with van der Waals surface area (Å²) in [5.41, 5.74) is 7.87. The summed E-state index contributed by atoms with van der Waals surface area (Å²) < 4.78 is 0. The number of fused-ring (bicyclic) bond motifs is 1. The van der Waals surface area contributed by atoms with Crippen molar-refractivity contribution < 1.29 is 4.79 Å². The molecule has 2 N–H and O–H groups in total. The van der Waals surface area contributed by atoms with Crippen LogP contribution in [0.4, 0.5) is 0 Å². The molecule has 2 fully saturated rings. The fraction of sp³-hybridized carbons (Fsp3) is 0.412. The Kier molecular flexibility index (Phi) is 2.93. The maximum atomic E-state index is 12.7. The summed E-state index contributed by atoms with van der Waals surface area (Å²) in [5, 5.41) is 1.01. The van der Waals surface area contributed by atoms with E-state index >= 15 is 0 Å². The Balaban J connectivity index is 1.58. The van der Waals surface area contributed by atoms with Gasteiger partial charge in [-0.1, -0.05) is 6.07 Å². The predicted molar refractivity (Wildman–Crippen MR) is 81.8 cm³/mol. The topological polar surface area (TPSA) is 59.2 Å². The Bertz CT molecular complexity index is 695. The molecular formula is C17H19N3O. The quantitative estimate of drug-likeness (QED) is 0.916. The van der Waals surface area contributed by atoms with Crippen LogP contribution in [0, 0.1) is 11.8 Å². The average molecular weight is 281 g/mol. The number of amides is 1. The highest BCUT2D eigenvalue weighted by molar-refractivity contribution is 5.98. The maximum absolute atomic E-state index is 12.7. The van der Waals surface area contributed by atoms with Gasteiger partial charge in [0, 0.05) is 36.3 Å². The normalized spacial score (nSPS) is 25.5. The predicted octanol–water partition coefficient (Wildman–Crippen LogP) is 2.04. The fourth-order valence-electron chi connectivity index (χ4n) is 3.43. The first-order chi connectivity index (χ1) is 10.2. The average Bonchev–Trinajstić information content (AvgIpc) is 3.28. The van der Waals surface area contributed by atoms with Gasteiger partial charge in [0.1, 0.15) is 0 Å². The third kappa shape index (κ3) is 2.29. The smallest absolute Gasteiger partial charge is 0.253 e. The van der Waals surface area contributed by atoms with E-state index in [2.05, 4.69) is 4.98 Å². The lowest BCUT2D eigenvalue weighted by Gasteiger charge is -2.16. The van der Waals surface area contributed by atoms with Crippen molar-refractivity contribution in [3.05, 3.63) is 42.1 Å². The second kappa shape index (κ2) is 4.81. The lowest BCUT2D eigenvalue weighted by Crippen LogP contribution is -2.32. The van der Waals surface area contributed by atoms with Gasteiger partial charge in [0.25, 0.3) is 5.91 Å². The fourth-order valence-corrected chi connectivity index (χ4v) is 3.43. The van der Waals surface area contributed by atoms with Crippen LogP contribution in [0.15, 0.2) is 36.5 Å². The molecule has 1 aromatic carbocycles. The van der Waals surface area contributed by atoms with Gasteiger partial charge in [0.15, 0.2) is 0 Å². The number of hydrogen-bond donors (Lipinski definition) is 1. The molecule has 108 valence electrons. The maximum Gasteiger partial charge on any atom is 0.253 e. The van der Waals surface area contributed by atoms with Crippen molar-refractivity contribution >= 4 is 16.8 Å². The molecule has 1 aliphatic heterocycles. The number of hydrogen-bond acceptors (Lipinski definition) is 3. The molecule has 21 heavy (non-hydrogen) atoms. The number of nitrogens with zero attached hydrogens (tertiary/aromatic N) is 2. The third-order valence-corrected chi connectivity index (χ3v) is 4.78. The van der Waals surface area contributed by atoms with Crippen molar-refractivity contribution in [2.45, 2.75) is 18.9 Å². The van der Waals surface area contributed by atoms with Gasteiger partial charge in [0.2, 0.25) is 0 Å². The number of likely N-dealkylation sites (tertiary alicyclic amines) is 1. The van der Waals surface area contributed by atoms with Crippen molar-refractivity contribution in [3.63, 3.8) is 0 Å². The Labute approximate surface area is 124 Å². The summed E-state index contributed by atoms with van der Waals surface area (Å²) in [6.07, 6.45) is 4.33. The SMILES string of the molecule is N[C@H]1CN(C(=O)c2ccc3ncccc3c2)C[C@@H]1C1CC1. The van der Waals surface area contributed by atoms with Crippen LogP contribution in [-0.2, 0) is 0 Å². The molecule has 1 amide bonds. The van der Waals surface area contributed by atoms with Crippen LogP contribution in [0.3, 0.4) is 0 Å². The highest BCUT2D eigenvalue weighted by atomic mass is 16.2. The van der Waals surface area contributed by atoms with Crippen LogP contribution in [-0.4, -0.2) is 34.9 Å². The Morgan fingerprint density at radius 1 is 1.24 bits per heavy atom. The molecule has 0 bridgehead atoms. The summed E-state index contributed by atoms with van der Waals surface area (Å²) in [4.78, 5) is 18.9. The number of pyridine rings is 1. The molecule has 2 atom stereocenters. The van der Waals surface area contributed by atoms with Gasteiger partial charge in [-0.15, -0.1) is 0 Å². The van der Waals surface area contributed by atoms with Gasteiger partial charge in [-0.25, -0.2) is 0 Å². The van der Waals surface area contributed by atoms with E-state index in [1.165, 1.54) is 12.8 Å². The molecule has 1 saturated carbocycles. The molecule has 0 unspecified atom stereocenters. The van der Waals surface area contributed by atoms with Crippen molar-refractivity contribution in [1.82, 2.24) is 9.88 Å². The van der Waals surface area contributed by atoms with Crippen LogP contribution in [0.2, 0.25) is 0 Å². The summed E-state index contributed by atoms with van der Waals surface area (Å²) >= 11 is 0. The summed E-state index contributed by atoms with van der Waals surface area (Å²) in [6.45, 7) is 1.50. The summed E-state index contributed by atoms with van der Waals surface area (Å²) in [6, 6.07) is 9.74. The van der Waals surface area contributed by atoms with Gasteiger partial charge in [-0.05, 0) is 48.9 Å². The summed E-state index contributed by atoms with van der Waals surface area (Å²) in [7, 11) is 0. The van der Waals surface area contributed by atoms with E-state index < -0.39 is 0 Å². The summed E-state index contributed by atoms with van der Waals surface area (Å²) in [5.74, 6) is 1.34. The largest absolute Gasteiger partial charge is 0.337 e. The van der Waals surface area contributed by atoms with E-state index in [1.807, 2.05) is 35.2 Å². The van der Waals surface area contributed by atoms with Crippen molar-refractivity contribution in [1.29, 1.82) is 0 Å². The Hall–Kier alpha value is -1.94. The monoisotopic (exact) mass is 281 g/mol. The number of benzene rings is 1. The first-order valence-corrected chi connectivity index (χ1v) is 7.62. The van der Waals surface area contributed by atoms with Gasteiger partial charge in [-0.3, -0.25) is 9.78 Å². The number of carbonyl (C=O) groups excluding carboxylic acids is 1. The number of rotatable bonds is 2. The van der Waals surface area contributed by atoms with E-state index in [0.717, 1.165) is 28.9 Å². The second-order valence-electron chi connectivity index (χ2n) is 6.29. The minimum absolute atomic E-state index is 0.0966. The zero-order valence-electron chi connectivity index (χ0n) is 11.9. The minimum atomic E-state index is 0.0966. The van der Waals surface area contributed by atoms with E-state index in [-0.39, 0.29) is 11.9 Å². The molecule has 1 aromatic heterocycles. The Morgan fingerprint density at radius 2 is 2.10 bits per heavy atom. The molecule has 4 heteroatoms. The number of carbonyl (C=O) groups is 1. The zero-order chi connectivity index (χ0) is 14.4. The second-order valence-corrected chi connectivity index (χ2v) is 6.29. The van der Waals surface area contributed by atoms with Crippen molar-refractivity contribution in [2.75, 3.05) is 13.1 Å².